The van der Waals surface area contributed by atoms with E-state index in [1.165, 1.54) is 4.90 Å². The second kappa shape index (κ2) is 6.33. The van der Waals surface area contributed by atoms with Crippen molar-refractivity contribution in [1.29, 1.82) is 0 Å². The summed E-state index contributed by atoms with van der Waals surface area (Å²) in [5, 5.41) is 5.90. The Morgan fingerprint density at radius 1 is 1.37 bits per heavy atom. The molecule has 1 heterocycles. The lowest BCUT2D eigenvalue weighted by Crippen LogP contribution is -2.44. The topological polar surface area (TPSA) is 61.4 Å². The van der Waals surface area contributed by atoms with Gasteiger partial charge in [-0.2, -0.15) is 0 Å². The zero-order valence-electron chi connectivity index (χ0n) is 11.1. The number of hydrogen-bond acceptors (Lipinski definition) is 3. The molecule has 0 radical (unpaired) electrons. The molecule has 0 spiro atoms. The van der Waals surface area contributed by atoms with Crippen molar-refractivity contribution in [3.8, 4) is 0 Å². The van der Waals surface area contributed by atoms with Crippen molar-refractivity contribution in [3.05, 3.63) is 30.3 Å². The number of anilines is 1. The summed E-state index contributed by atoms with van der Waals surface area (Å²) < 4.78 is 0. The van der Waals surface area contributed by atoms with Gasteiger partial charge in [0.25, 0.3) is 0 Å². The van der Waals surface area contributed by atoms with Crippen molar-refractivity contribution in [2.24, 2.45) is 0 Å². The van der Waals surface area contributed by atoms with E-state index >= 15 is 0 Å². The lowest BCUT2D eigenvalue weighted by atomic mass is 10.2. The summed E-state index contributed by atoms with van der Waals surface area (Å²) in [6.45, 7) is 0.951. The van der Waals surface area contributed by atoms with Crippen molar-refractivity contribution in [1.82, 2.24) is 10.2 Å². The Bertz CT molecular complexity index is 441. The van der Waals surface area contributed by atoms with Crippen LogP contribution in [0.3, 0.4) is 0 Å². The zero-order valence-corrected chi connectivity index (χ0v) is 11.1. The van der Waals surface area contributed by atoms with Crippen LogP contribution in [0.4, 0.5) is 5.69 Å². The molecule has 1 aliphatic heterocycles. The summed E-state index contributed by atoms with van der Waals surface area (Å²) in [6.07, 6.45) is 1.87. The highest BCUT2D eigenvalue weighted by atomic mass is 16.2. The quantitative estimate of drug-likeness (QED) is 0.844. The molecule has 1 aromatic carbocycles. The van der Waals surface area contributed by atoms with Crippen LogP contribution >= 0.6 is 0 Å². The Balaban J connectivity index is 1.83. The molecule has 1 aliphatic rings. The van der Waals surface area contributed by atoms with Gasteiger partial charge in [0.1, 0.15) is 0 Å². The van der Waals surface area contributed by atoms with Gasteiger partial charge in [0.15, 0.2) is 0 Å². The number of benzene rings is 1. The van der Waals surface area contributed by atoms with Crippen LogP contribution in [0, 0.1) is 0 Å². The van der Waals surface area contributed by atoms with Crippen molar-refractivity contribution in [2.75, 3.05) is 25.5 Å². The van der Waals surface area contributed by atoms with Gasteiger partial charge in [0.05, 0.1) is 12.6 Å². The van der Waals surface area contributed by atoms with E-state index in [0.29, 0.717) is 0 Å². The molecular formula is C14H19N3O2. The Kier molecular flexibility index (Phi) is 4.52. The average Bonchev–Trinajstić information content (AvgIpc) is 2.92. The average molecular weight is 261 g/mol. The molecule has 1 saturated heterocycles. The Morgan fingerprint density at radius 3 is 2.74 bits per heavy atom. The van der Waals surface area contributed by atoms with E-state index in [4.69, 9.17) is 0 Å². The van der Waals surface area contributed by atoms with E-state index in [2.05, 4.69) is 10.6 Å². The standard InChI is InChI=1S/C14H19N3O2/c1-17(14(19)12-8-5-9-15-12)10-13(18)16-11-6-3-2-4-7-11/h2-4,6-7,12,15H,5,8-10H2,1H3,(H,16,18)/t12-/m1/s1. The fourth-order valence-corrected chi connectivity index (χ4v) is 2.18. The first-order valence-corrected chi connectivity index (χ1v) is 6.50. The third kappa shape index (κ3) is 3.79. The molecule has 102 valence electrons. The molecule has 1 aromatic rings. The second-order valence-corrected chi connectivity index (χ2v) is 4.76. The van der Waals surface area contributed by atoms with Gasteiger partial charge in [-0.15, -0.1) is 0 Å². The van der Waals surface area contributed by atoms with Crippen LogP contribution in [0.2, 0.25) is 0 Å². The van der Waals surface area contributed by atoms with Gasteiger partial charge >= 0.3 is 0 Å². The molecule has 1 fully saturated rings. The SMILES string of the molecule is CN(CC(=O)Nc1ccccc1)C(=O)[C@H]1CCCN1. The van der Waals surface area contributed by atoms with Crippen molar-refractivity contribution in [2.45, 2.75) is 18.9 Å². The van der Waals surface area contributed by atoms with Gasteiger partial charge in [0, 0.05) is 12.7 Å². The second-order valence-electron chi connectivity index (χ2n) is 4.76. The number of rotatable bonds is 4. The normalized spacial score (nSPS) is 18.1. The van der Waals surface area contributed by atoms with Gasteiger partial charge in [-0.25, -0.2) is 0 Å². The van der Waals surface area contributed by atoms with Crippen LogP contribution in [0.1, 0.15) is 12.8 Å². The van der Waals surface area contributed by atoms with E-state index in [-0.39, 0.29) is 24.4 Å². The molecule has 2 N–H and O–H groups in total. The number of carbonyl (C=O) groups is 2. The molecule has 0 saturated carbocycles. The van der Waals surface area contributed by atoms with E-state index in [1.807, 2.05) is 30.3 Å². The number of carbonyl (C=O) groups excluding carboxylic acids is 2. The Hall–Kier alpha value is -1.88. The molecule has 1 atom stereocenters. The first kappa shape index (κ1) is 13.5. The van der Waals surface area contributed by atoms with Crippen LogP contribution in [-0.2, 0) is 9.59 Å². The number of nitrogens with zero attached hydrogens (tertiary/aromatic N) is 1. The summed E-state index contributed by atoms with van der Waals surface area (Å²) >= 11 is 0. The highest BCUT2D eigenvalue weighted by Crippen LogP contribution is 2.08. The molecule has 2 amide bonds. The molecule has 5 nitrogen and oxygen atoms in total. The van der Waals surface area contributed by atoms with Gasteiger partial charge in [-0.3, -0.25) is 9.59 Å². The predicted octanol–water partition coefficient (Wildman–Crippen LogP) is 0.835. The summed E-state index contributed by atoms with van der Waals surface area (Å²) in [4.78, 5) is 25.3. The lowest BCUT2D eigenvalue weighted by molar-refractivity contribution is -0.134. The molecule has 19 heavy (non-hydrogen) atoms. The maximum Gasteiger partial charge on any atom is 0.243 e. The largest absolute Gasteiger partial charge is 0.335 e. The molecule has 0 unspecified atom stereocenters. The van der Waals surface area contributed by atoms with Crippen molar-refractivity contribution < 1.29 is 9.59 Å². The van der Waals surface area contributed by atoms with E-state index in [1.54, 1.807) is 7.05 Å². The molecule has 2 rings (SSSR count). The highest BCUT2D eigenvalue weighted by Gasteiger charge is 2.25. The van der Waals surface area contributed by atoms with Gasteiger partial charge in [-0.1, -0.05) is 18.2 Å². The third-order valence-corrected chi connectivity index (χ3v) is 3.17. The van der Waals surface area contributed by atoms with Crippen molar-refractivity contribution >= 4 is 17.5 Å². The Morgan fingerprint density at radius 2 is 2.11 bits per heavy atom. The van der Waals surface area contributed by atoms with E-state index in [9.17, 15) is 9.59 Å². The summed E-state index contributed by atoms with van der Waals surface area (Å²) in [5.41, 5.74) is 0.743. The number of nitrogens with one attached hydrogen (secondary N) is 2. The summed E-state index contributed by atoms with van der Waals surface area (Å²) in [7, 11) is 1.66. The maximum atomic E-state index is 12.0. The maximum absolute atomic E-state index is 12.0. The third-order valence-electron chi connectivity index (χ3n) is 3.17. The first-order valence-electron chi connectivity index (χ1n) is 6.50. The molecule has 0 aromatic heterocycles. The summed E-state index contributed by atoms with van der Waals surface area (Å²) in [5.74, 6) is -0.194. The van der Waals surface area contributed by atoms with Gasteiger partial charge < -0.3 is 15.5 Å². The van der Waals surface area contributed by atoms with Crippen LogP contribution < -0.4 is 10.6 Å². The first-order chi connectivity index (χ1) is 9.16. The predicted molar refractivity (Wildman–Crippen MR) is 73.7 cm³/mol. The number of likely N-dealkylation sites (N-methyl/N-ethyl adjacent to an activating group) is 1. The lowest BCUT2D eigenvalue weighted by Gasteiger charge is -2.20. The smallest absolute Gasteiger partial charge is 0.243 e. The number of hydrogen-bond donors (Lipinski definition) is 2. The van der Waals surface area contributed by atoms with Crippen LogP contribution in [0.15, 0.2) is 30.3 Å². The molecule has 0 bridgehead atoms. The van der Waals surface area contributed by atoms with E-state index < -0.39 is 0 Å². The van der Waals surface area contributed by atoms with E-state index in [0.717, 1.165) is 25.1 Å². The molecule has 0 aliphatic carbocycles. The number of amides is 2. The number of para-hydroxylation sites is 1. The summed E-state index contributed by atoms with van der Waals surface area (Å²) in [6, 6.07) is 9.10. The van der Waals surface area contributed by atoms with Crippen molar-refractivity contribution in [3.63, 3.8) is 0 Å². The van der Waals surface area contributed by atoms with Crippen LogP contribution in [0.5, 0.6) is 0 Å². The molecule has 5 heteroatoms. The zero-order chi connectivity index (χ0) is 13.7. The van der Waals surface area contributed by atoms with Gasteiger partial charge in [-0.05, 0) is 31.5 Å². The fourth-order valence-electron chi connectivity index (χ4n) is 2.18. The minimum absolute atomic E-state index is 0.0132. The minimum Gasteiger partial charge on any atom is -0.335 e. The Labute approximate surface area is 113 Å². The monoisotopic (exact) mass is 261 g/mol. The molecular weight excluding hydrogens is 242 g/mol. The highest BCUT2D eigenvalue weighted by molar-refractivity contribution is 5.95. The van der Waals surface area contributed by atoms with Gasteiger partial charge in [0.2, 0.25) is 11.8 Å². The van der Waals surface area contributed by atoms with Crippen LogP contribution in [-0.4, -0.2) is 42.9 Å². The minimum atomic E-state index is -0.181. The van der Waals surface area contributed by atoms with Crippen LogP contribution in [0.25, 0.3) is 0 Å². The fraction of sp³-hybridized carbons (Fsp3) is 0.429.